The fraction of sp³-hybridized carbons (Fsp3) is 0.917. The Morgan fingerprint density at radius 2 is 1.68 bits per heavy atom. The van der Waals surface area contributed by atoms with Crippen LogP contribution in [0.15, 0.2) is 5.16 Å². The van der Waals surface area contributed by atoms with Crippen LogP contribution in [0.4, 0.5) is 0 Å². The van der Waals surface area contributed by atoms with Gasteiger partial charge in [0.2, 0.25) is 0 Å². The van der Waals surface area contributed by atoms with Crippen molar-refractivity contribution in [1.29, 1.82) is 0 Å². The van der Waals surface area contributed by atoms with Crippen LogP contribution in [0.25, 0.3) is 0 Å². The second-order valence-corrected chi connectivity index (χ2v) is 6.54. The lowest BCUT2D eigenvalue weighted by Gasteiger charge is -2.11. The van der Waals surface area contributed by atoms with Crippen molar-refractivity contribution in [1.82, 2.24) is 0 Å². The summed E-state index contributed by atoms with van der Waals surface area (Å²) in [5.74, 6) is -0.290. The first-order valence-corrected chi connectivity index (χ1v) is 8.71. The molecule has 19 heavy (non-hydrogen) atoms. The van der Waals surface area contributed by atoms with E-state index in [-0.39, 0.29) is 12.4 Å². The molecule has 0 aliphatic rings. The molecule has 0 heterocycles. The molecule has 0 saturated heterocycles. The Balaban J connectivity index is 3.45. The largest absolute Gasteiger partial charge is 0.409 e. The number of unbranched alkanes of at least 4 members (excludes halogenated alkanes) is 7. The average molecular weight is 294 g/mol. The van der Waals surface area contributed by atoms with E-state index in [0.717, 1.165) is 19.3 Å². The molecule has 6 nitrogen and oxygen atoms in total. The topological polar surface area (TPSA) is 105 Å². The van der Waals surface area contributed by atoms with Crippen LogP contribution in [0.1, 0.15) is 58.3 Å². The summed E-state index contributed by atoms with van der Waals surface area (Å²) in [6, 6.07) is 0. The van der Waals surface area contributed by atoms with Gasteiger partial charge in [0.05, 0.1) is 6.61 Å². The molecule has 1 atom stereocenters. The van der Waals surface area contributed by atoms with Gasteiger partial charge in [0.15, 0.2) is 5.84 Å². The van der Waals surface area contributed by atoms with Crippen molar-refractivity contribution in [2.45, 2.75) is 58.3 Å². The minimum absolute atomic E-state index is 0.238. The highest BCUT2D eigenvalue weighted by Crippen LogP contribution is 2.41. The summed E-state index contributed by atoms with van der Waals surface area (Å²) < 4.78 is 16.3. The molecule has 4 N–H and O–H groups in total. The van der Waals surface area contributed by atoms with E-state index in [2.05, 4.69) is 12.1 Å². The lowest BCUT2D eigenvalue weighted by atomic mass is 10.1. The van der Waals surface area contributed by atoms with Gasteiger partial charge in [0, 0.05) is 0 Å². The van der Waals surface area contributed by atoms with Crippen molar-refractivity contribution in [2.24, 2.45) is 10.9 Å². The van der Waals surface area contributed by atoms with Gasteiger partial charge >= 0.3 is 7.60 Å². The van der Waals surface area contributed by atoms with Crippen molar-refractivity contribution in [3.05, 3.63) is 0 Å². The molecule has 0 saturated carbocycles. The van der Waals surface area contributed by atoms with Crippen LogP contribution in [0.5, 0.6) is 0 Å². The third-order valence-electron chi connectivity index (χ3n) is 2.78. The van der Waals surface area contributed by atoms with Crippen molar-refractivity contribution in [3.8, 4) is 0 Å². The van der Waals surface area contributed by atoms with Crippen LogP contribution in [0, 0.1) is 0 Å². The van der Waals surface area contributed by atoms with E-state index >= 15 is 0 Å². The van der Waals surface area contributed by atoms with Crippen molar-refractivity contribution >= 4 is 13.4 Å². The van der Waals surface area contributed by atoms with Crippen molar-refractivity contribution < 1.29 is 19.2 Å². The predicted octanol–water partition coefficient (Wildman–Crippen LogP) is 3.08. The predicted molar refractivity (Wildman–Crippen MR) is 76.7 cm³/mol. The van der Waals surface area contributed by atoms with Gasteiger partial charge in [0.1, 0.15) is 6.16 Å². The first kappa shape index (κ1) is 18.4. The minimum atomic E-state index is -3.75. The second-order valence-electron chi connectivity index (χ2n) is 4.70. The van der Waals surface area contributed by atoms with Crippen molar-refractivity contribution in [2.75, 3.05) is 12.8 Å². The summed E-state index contributed by atoms with van der Waals surface area (Å²) in [4.78, 5) is 9.38. The van der Waals surface area contributed by atoms with Gasteiger partial charge in [-0.15, -0.1) is 0 Å². The zero-order valence-corrected chi connectivity index (χ0v) is 12.6. The molecule has 1 unspecified atom stereocenters. The van der Waals surface area contributed by atoms with Gasteiger partial charge in [-0.25, -0.2) is 0 Å². The summed E-state index contributed by atoms with van der Waals surface area (Å²) in [7, 11) is -3.75. The molecule has 0 bridgehead atoms. The highest BCUT2D eigenvalue weighted by molar-refractivity contribution is 7.53. The van der Waals surface area contributed by atoms with Crippen LogP contribution >= 0.6 is 7.60 Å². The maximum absolute atomic E-state index is 11.5. The standard InChI is InChI=1S/C12H27N2O4P/c1-2-3-4-5-6-7-8-9-10-18-19(16,17)11-12(13)14-15/h15H,2-11H2,1H3,(H2,13,14)(H,16,17). The SMILES string of the molecule is CCCCCCCCCCOP(=O)(O)CC(N)=NO. The monoisotopic (exact) mass is 294 g/mol. The van der Waals surface area contributed by atoms with E-state index < -0.39 is 13.8 Å². The van der Waals surface area contributed by atoms with Crippen molar-refractivity contribution in [3.63, 3.8) is 0 Å². The third-order valence-corrected chi connectivity index (χ3v) is 4.09. The number of amidine groups is 1. The zero-order chi connectivity index (χ0) is 14.6. The number of rotatable bonds is 12. The average Bonchev–Trinajstić information content (AvgIpc) is 2.36. The van der Waals surface area contributed by atoms with Crippen LogP contribution in [-0.4, -0.2) is 28.7 Å². The smallest absolute Gasteiger partial charge is 0.335 e. The lowest BCUT2D eigenvalue weighted by molar-refractivity contribution is 0.254. The molecule has 0 aliphatic carbocycles. The Morgan fingerprint density at radius 1 is 1.16 bits per heavy atom. The van der Waals surface area contributed by atoms with Gasteiger partial charge in [-0.05, 0) is 6.42 Å². The molecule has 114 valence electrons. The lowest BCUT2D eigenvalue weighted by Crippen LogP contribution is -2.17. The third kappa shape index (κ3) is 12.2. The Bertz CT molecular complexity index is 297. The van der Waals surface area contributed by atoms with E-state index in [0.29, 0.717) is 0 Å². The first-order valence-electron chi connectivity index (χ1n) is 6.94. The molecule has 0 spiro atoms. The number of nitrogens with zero attached hydrogens (tertiary/aromatic N) is 1. The molecular weight excluding hydrogens is 267 g/mol. The number of oxime groups is 1. The molecule has 7 heteroatoms. The van der Waals surface area contributed by atoms with Crippen LogP contribution in [-0.2, 0) is 9.09 Å². The minimum Gasteiger partial charge on any atom is -0.409 e. The Hall–Kier alpha value is -0.580. The van der Waals surface area contributed by atoms with E-state index in [4.69, 9.17) is 15.5 Å². The number of hydrogen-bond donors (Lipinski definition) is 3. The molecule has 0 aliphatic heterocycles. The molecule has 0 aromatic rings. The quantitative estimate of drug-likeness (QED) is 0.128. The van der Waals surface area contributed by atoms with E-state index in [1.165, 1.54) is 32.1 Å². The number of nitrogens with two attached hydrogens (primary N) is 1. The zero-order valence-electron chi connectivity index (χ0n) is 11.8. The van der Waals surface area contributed by atoms with E-state index in [1.807, 2.05) is 0 Å². The molecule has 0 radical (unpaired) electrons. The maximum Gasteiger partial charge on any atom is 0.335 e. The Labute approximate surface area is 115 Å². The number of hydrogen-bond acceptors (Lipinski definition) is 4. The Morgan fingerprint density at radius 3 is 2.21 bits per heavy atom. The summed E-state index contributed by atoms with van der Waals surface area (Å²) in [5, 5.41) is 11.0. The highest BCUT2D eigenvalue weighted by Gasteiger charge is 2.21. The van der Waals surface area contributed by atoms with Gasteiger partial charge in [-0.3, -0.25) is 4.57 Å². The summed E-state index contributed by atoms with van der Waals surface area (Å²) >= 11 is 0. The van der Waals surface area contributed by atoms with Crippen LogP contribution in [0.2, 0.25) is 0 Å². The second kappa shape index (κ2) is 11.3. The van der Waals surface area contributed by atoms with Crippen LogP contribution in [0.3, 0.4) is 0 Å². The molecule has 0 fully saturated rings. The van der Waals surface area contributed by atoms with Gasteiger partial charge in [-0.2, -0.15) is 0 Å². The highest BCUT2D eigenvalue weighted by atomic mass is 31.2. The fourth-order valence-corrected chi connectivity index (χ4v) is 2.70. The van der Waals surface area contributed by atoms with Crippen LogP contribution < -0.4 is 5.73 Å². The van der Waals surface area contributed by atoms with E-state index in [9.17, 15) is 9.46 Å². The summed E-state index contributed by atoms with van der Waals surface area (Å²) in [5.41, 5.74) is 5.16. The maximum atomic E-state index is 11.5. The van der Waals surface area contributed by atoms with E-state index in [1.54, 1.807) is 0 Å². The molecule has 0 aromatic carbocycles. The molecule has 0 amide bonds. The normalized spacial score (nSPS) is 15.4. The molecule has 0 rings (SSSR count). The fourth-order valence-electron chi connectivity index (χ4n) is 1.73. The summed E-state index contributed by atoms with van der Waals surface area (Å²) in [6.07, 6.45) is 8.76. The van der Waals surface area contributed by atoms with Gasteiger partial charge in [0.25, 0.3) is 0 Å². The first-order chi connectivity index (χ1) is 9.02. The summed E-state index contributed by atoms with van der Waals surface area (Å²) in [6.45, 7) is 2.43. The van der Waals surface area contributed by atoms with Gasteiger partial charge in [-0.1, -0.05) is 57.0 Å². The Kier molecular flexibility index (Phi) is 10.9. The van der Waals surface area contributed by atoms with Gasteiger partial charge < -0.3 is 20.4 Å². The molecular formula is C12H27N2O4P. The molecule has 0 aromatic heterocycles.